The topological polar surface area (TPSA) is 56.0 Å². The zero-order valence-corrected chi connectivity index (χ0v) is 11.9. The number of hydrogen-bond acceptors (Lipinski definition) is 5. The second-order valence-corrected chi connectivity index (χ2v) is 5.45. The molecule has 3 heterocycles. The van der Waals surface area contributed by atoms with Crippen LogP contribution in [0.25, 0.3) is 5.65 Å². The van der Waals surface area contributed by atoms with E-state index in [4.69, 9.17) is 11.6 Å². The standard InChI is InChI=1S/C10H5BrClN5S/c11-6-5-13-9(12)14-8(6)18-10-16-15-7-3-1-2-4-17(7)10/h1-5H. The predicted molar refractivity (Wildman–Crippen MR) is 71.9 cm³/mol. The molecule has 3 rings (SSSR count). The van der Waals surface area contributed by atoms with Gasteiger partial charge < -0.3 is 0 Å². The van der Waals surface area contributed by atoms with E-state index in [1.165, 1.54) is 11.8 Å². The summed E-state index contributed by atoms with van der Waals surface area (Å²) >= 11 is 10.5. The van der Waals surface area contributed by atoms with Crippen LogP contribution in [0.4, 0.5) is 0 Å². The third-order valence-electron chi connectivity index (χ3n) is 2.15. The fourth-order valence-electron chi connectivity index (χ4n) is 1.38. The summed E-state index contributed by atoms with van der Waals surface area (Å²) in [5, 5.41) is 9.81. The van der Waals surface area contributed by atoms with Gasteiger partial charge in [-0.3, -0.25) is 4.40 Å². The molecule has 0 bridgehead atoms. The molecule has 8 heteroatoms. The Kier molecular flexibility index (Phi) is 3.19. The molecule has 0 atom stereocenters. The van der Waals surface area contributed by atoms with Crippen LogP contribution in [0.1, 0.15) is 0 Å². The number of nitrogens with zero attached hydrogens (tertiary/aromatic N) is 5. The first-order valence-corrected chi connectivity index (χ1v) is 6.88. The van der Waals surface area contributed by atoms with Crippen LogP contribution in [0.2, 0.25) is 5.28 Å². The van der Waals surface area contributed by atoms with Gasteiger partial charge in [-0.2, -0.15) is 0 Å². The van der Waals surface area contributed by atoms with Gasteiger partial charge in [0.1, 0.15) is 5.03 Å². The maximum atomic E-state index is 5.78. The Balaban J connectivity index is 2.04. The summed E-state index contributed by atoms with van der Waals surface area (Å²) in [6.07, 6.45) is 3.51. The maximum Gasteiger partial charge on any atom is 0.223 e. The third-order valence-corrected chi connectivity index (χ3v) is 4.14. The van der Waals surface area contributed by atoms with Crippen molar-refractivity contribution in [2.45, 2.75) is 10.2 Å². The number of rotatable bonds is 2. The van der Waals surface area contributed by atoms with Crippen molar-refractivity contribution in [2.75, 3.05) is 0 Å². The minimum Gasteiger partial charge on any atom is -0.277 e. The number of pyridine rings is 1. The average Bonchev–Trinajstić information content (AvgIpc) is 2.78. The molecule has 18 heavy (non-hydrogen) atoms. The zero-order chi connectivity index (χ0) is 12.5. The van der Waals surface area contributed by atoms with Crippen LogP contribution in [0.5, 0.6) is 0 Å². The van der Waals surface area contributed by atoms with Crippen molar-refractivity contribution in [1.29, 1.82) is 0 Å². The molecule has 5 nitrogen and oxygen atoms in total. The number of hydrogen-bond donors (Lipinski definition) is 0. The molecule has 0 N–H and O–H groups in total. The summed E-state index contributed by atoms with van der Waals surface area (Å²) in [5.74, 6) is 0. The summed E-state index contributed by atoms with van der Waals surface area (Å²) < 4.78 is 2.65. The highest BCUT2D eigenvalue weighted by atomic mass is 79.9. The molecule has 0 amide bonds. The van der Waals surface area contributed by atoms with Gasteiger partial charge in [0.25, 0.3) is 0 Å². The van der Waals surface area contributed by atoms with Crippen LogP contribution in [0.15, 0.2) is 45.2 Å². The van der Waals surface area contributed by atoms with Crippen LogP contribution in [-0.4, -0.2) is 24.6 Å². The second kappa shape index (κ2) is 4.83. The van der Waals surface area contributed by atoms with Crippen molar-refractivity contribution in [3.05, 3.63) is 40.3 Å². The van der Waals surface area contributed by atoms with Crippen molar-refractivity contribution < 1.29 is 0 Å². The molecule has 0 saturated heterocycles. The molecule has 0 aliphatic heterocycles. The highest BCUT2D eigenvalue weighted by molar-refractivity contribution is 9.10. The quantitative estimate of drug-likeness (QED) is 0.529. The predicted octanol–water partition coefficient (Wildman–Crippen LogP) is 3.09. The monoisotopic (exact) mass is 341 g/mol. The van der Waals surface area contributed by atoms with Crippen molar-refractivity contribution in [3.8, 4) is 0 Å². The first-order chi connectivity index (χ1) is 8.74. The van der Waals surface area contributed by atoms with Crippen molar-refractivity contribution in [3.63, 3.8) is 0 Å². The van der Waals surface area contributed by atoms with Gasteiger partial charge in [-0.15, -0.1) is 10.2 Å². The summed E-state index contributed by atoms with van der Waals surface area (Å²) in [4.78, 5) is 8.03. The molecule has 0 unspecified atom stereocenters. The van der Waals surface area contributed by atoms with E-state index in [9.17, 15) is 0 Å². The zero-order valence-electron chi connectivity index (χ0n) is 8.79. The van der Waals surface area contributed by atoms with E-state index in [0.29, 0.717) is 5.03 Å². The molecule has 3 aromatic heterocycles. The van der Waals surface area contributed by atoms with Crippen molar-refractivity contribution >= 4 is 44.9 Å². The SMILES string of the molecule is Clc1ncc(Br)c(Sc2nnc3ccccn23)n1. The number of fused-ring (bicyclic) bond motifs is 1. The van der Waals surface area contributed by atoms with Crippen LogP contribution in [0, 0.1) is 0 Å². The first kappa shape index (κ1) is 11.9. The Morgan fingerprint density at radius 3 is 3.06 bits per heavy atom. The van der Waals surface area contributed by atoms with Crippen LogP contribution in [0.3, 0.4) is 0 Å². The summed E-state index contributed by atoms with van der Waals surface area (Å²) in [5.41, 5.74) is 0.788. The Morgan fingerprint density at radius 2 is 2.17 bits per heavy atom. The molecule has 0 radical (unpaired) electrons. The first-order valence-electron chi connectivity index (χ1n) is 4.90. The van der Waals surface area contributed by atoms with Crippen LogP contribution < -0.4 is 0 Å². The van der Waals surface area contributed by atoms with E-state index < -0.39 is 0 Å². The van der Waals surface area contributed by atoms with Gasteiger partial charge in [0.15, 0.2) is 5.65 Å². The fourth-order valence-corrected chi connectivity index (χ4v) is 2.79. The molecule has 0 saturated carbocycles. The highest BCUT2D eigenvalue weighted by Gasteiger charge is 2.11. The Hall–Kier alpha value is -1.18. The van der Waals surface area contributed by atoms with Gasteiger partial charge >= 0.3 is 0 Å². The Labute approximate surface area is 120 Å². The van der Waals surface area contributed by atoms with Crippen LogP contribution in [-0.2, 0) is 0 Å². The molecule has 3 aromatic rings. The van der Waals surface area contributed by atoms with E-state index in [-0.39, 0.29) is 5.28 Å². The number of aromatic nitrogens is 5. The van der Waals surface area contributed by atoms with E-state index in [1.807, 2.05) is 28.8 Å². The van der Waals surface area contributed by atoms with Gasteiger partial charge in [-0.1, -0.05) is 6.07 Å². The van der Waals surface area contributed by atoms with Gasteiger partial charge in [0.05, 0.1) is 4.47 Å². The molecular formula is C10H5BrClN5S. The van der Waals surface area contributed by atoms with E-state index in [0.717, 1.165) is 15.3 Å². The lowest BCUT2D eigenvalue weighted by atomic mass is 10.5. The van der Waals surface area contributed by atoms with Gasteiger partial charge in [-0.05, 0) is 51.4 Å². The van der Waals surface area contributed by atoms with Gasteiger partial charge in [0.2, 0.25) is 10.4 Å². The van der Waals surface area contributed by atoms with Crippen LogP contribution >= 0.6 is 39.3 Å². The molecule has 0 aliphatic rings. The van der Waals surface area contributed by atoms with Crippen molar-refractivity contribution in [1.82, 2.24) is 24.6 Å². The minimum atomic E-state index is 0.203. The lowest BCUT2D eigenvalue weighted by Gasteiger charge is -2.01. The molecule has 0 aliphatic carbocycles. The lowest BCUT2D eigenvalue weighted by molar-refractivity contribution is 0.912. The van der Waals surface area contributed by atoms with E-state index >= 15 is 0 Å². The molecule has 90 valence electrons. The van der Waals surface area contributed by atoms with Gasteiger partial charge in [0, 0.05) is 12.4 Å². The molecule has 0 aromatic carbocycles. The smallest absolute Gasteiger partial charge is 0.223 e. The number of halogens is 2. The largest absolute Gasteiger partial charge is 0.277 e. The minimum absolute atomic E-state index is 0.203. The molecule has 0 spiro atoms. The van der Waals surface area contributed by atoms with Gasteiger partial charge in [-0.25, -0.2) is 9.97 Å². The van der Waals surface area contributed by atoms with Crippen molar-refractivity contribution in [2.24, 2.45) is 0 Å². The second-order valence-electron chi connectivity index (χ2n) is 3.31. The third kappa shape index (κ3) is 2.21. The molecular weight excluding hydrogens is 338 g/mol. The van der Waals surface area contributed by atoms with E-state index in [2.05, 4.69) is 36.1 Å². The summed E-state index contributed by atoms with van der Waals surface area (Å²) in [6, 6.07) is 5.72. The summed E-state index contributed by atoms with van der Waals surface area (Å²) in [7, 11) is 0. The molecule has 0 fully saturated rings. The van der Waals surface area contributed by atoms with E-state index in [1.54, 1.807) is 6.20 Å². The fraction of sp³-hybridized carbons (Fsp3) is 0. The maximum absolute atomic E-state index is 5.78. The Bertz CT molecular complexity index is 716. The Morgan fingerprint density at radius 1 is 1.28 bits per heavy atom. The highest BCUT2D eigenvalue weighted by Crippen LogP contribution is 2.31. The average molecular weight is 343 g/mol. The summed E-state index contributed by atoms with van der Waals surface area (Å²) in [6.45, 7) is 0. The lowest BCUT2D eigenvalue weighted by Crippen LogP contribution is -1.90. The normalized spacial score (nSPS) is 11.0.